The first-order valence-corrected chi connectivity index (χ1v) is 8.65. The summed E-state index contributed by atoms with van der Waals surface area (Å²) in [7, 11) is 0. The lowest BCUT2D eigenvalue weighted by Crippen LogP contribution is -2.21. The van der Waals surface area contributed by atoms with Crippen LogP contribution >= 0.6 is 11.6 Å². The highest BCUT2D eigenvalue weighted by Crippen LogP contribution is 2.38. The molecule has 1 aliphatic heterocycles. The number of anilines is 1. The lowest BCUT2D eigenvalue weighted by molar-refractivity contribution is -0.119. The predicted octanol–water partition coefficient (Wildman–Crippen LogP) is 3.93. The lowest BCUT2D eigenvalue weighted by Gasteiger charge is -2.11. The van der Waals surface area contributed by atoms with Crippen molar-refractivity contribution in [3.63, 3.8) is 0 Å². The molecule has 4 rings (SSSR count). The molecule has 24 heavy (non-hydrogen) atoms. The molecule has 1 fully saturated rings. The third kappa shape index (κ3) is 2.96. The zero-order valence-corrected chi connectivity index (χ0v) is 13.9. The van der Waals surface area contributed by atoms with Gasteiger partial charge < -0.3 is 10.1 Å². The van der Waals surface area contributed by atoms with Crippen LogP contribution in [0.15, 0.2) is 30.6 Å². The average Bonchev–Trinajstić information content (AvgIpc) is 3.25. The van der Waals surface area contributed by atoms with Gasteiger partial charge in [0.1, 0.15) is 18.2 Å². The Morgan fingerprint density at radius 2 is 1.92 bits per heavy atom. The number of aromatic nitrogens is 2. The Labute approximate surface area is 145 Å². The standard InChI is InChI=1S/C18H18ClN3O2/c19-13-7-5-11(6-8-13)15-9-14-16(20-10-21-18(14)24-15)22-17(23)12-3-1-2-4-12/h5-8,10,12,15H,1-4,9H2,(H,20,21,22,23). The molecule has 1 saturated carbocycles. The quantitative estimate of drug-likeness (QED) is 0.917. The van der Waals surface area contributed by atoms with E-state index in [0.29, 0.717) is 23.1 Å². The summed E-state index contributed by atoms with van der Waals surface area (Å²) in [6.45, 7) is 0. The highest BCUT2D eigenvalue weighted by atomic mass is 35.5. The van der Waals surface area contributed by atoms with Crippen molar-refractivity contribution < 1.29 is 9.53 Å². The number of rotatable bonds is 3. The Hall–Kier alpha value is -2.14. The van der Waals surface area contributed by atoms with Crippen molar-refractivity contribution >= 4 is 23.3 Å². The molecule has 0 bridgehead atoms. The first-order valence-electron chi connectivity index (χ1n) is 8.27. The summed E-state index contributed by atoms with van der Waals surface area (Å²) in [6.07, 6.45) is 6.12. The van der Waals surface area contributed by atoms with Crippen LogP contribution < -0.4 is 10.1 Å². The van der Waals surface area contributed by atoms with Crippen LogP contribution in [0.5, 0.6) is 5.88 Å². The number of carbonyl (C=O) groups excluding carboxylic acids is 1. The maximum Gasteiger partial charge on any atom is 0.228 e. The van der Waals surface area contributed by atoms with E-state index in [2.05, 4.69) is 15.3 Å². The molecule has 5 nitrogen and oxygen atoms in total. The first kappa shape index (κ1) is 15.4. The van der Waals surface area contributed by atoms with Gasteiger partial charge in [0, 0.05) is 17.4 Å². The van der Waals surface area contributed by atoms with Gasteiger partial charge in [-0.15, -0.1) is 0 Å². The van der Waals surface area contributed by atoms with E-state index in [9.17, 15) is 4.79 Å². The molecule has 0 radical (unpaired) electrons. The largest absolute Gasteiger partial charge is 0.469 e. The van der Waals surface area contributed by atoms with Gasteiger partial charge in [0.2, 0.25) is 11.8 Å². The summed E-state index contributed by atoms with van der Waals surface area (Å²) in [4.78, 5) is 20.8. The molecule has 1 aromatic heterocycles. The van der Waals surface area contributed by atoms with Gasteiger partial charge in [-0.3, -0.25) is 4.79 Å². The lowest BCUT2D eigenvalue weighted by atomic mass is 10.0. The van der Waals surface area contributed by atoms with Gasteiger partial charge in [0.05, 0.1) is 5.56 Å². The Bertz CT molecular complexity index is 757. The van der Waals surface area contributed by atoms with Crippen LogP contribution in [0.1, 0.15) is 42.9 Å². The summed E-state index contributed by atoms with van der Waals surface area (Å²) in [5.74, 6) is 1.29. The highest BCUT2D eigenvalue weighted by Gasteiger charge is 2.30. The molecule has 1 atom stereocenters. The Kier molecular flexibility index (Phi) is 4.10. The second kappa shape index (κ2) is 6.40. The Morgan fingerprint density at radius 3 is 2.67 bits per heavy atom. The minimum Gasteiger partial charge on any atom is -0.469 e. The second-order valence-electron chi connectivity index (χ2n) is 6.34. The van der Waals surface area contributed by atoms with Crippen molar-refractivity contribution in [1.82, 2.24) is 9.97 Å². The smallest absolute Gasteiger partial charge is 0.228 e. The zero-order valence-electron chi connectivity index (χ0n) is 13.2. The third-order valence-corrected chi connectivity index (χ3v) is 5.01. The van der Waals surface area contributed by atoms with Crippen molar-refractivity contribution in [3.8, 4) is 5.88 Å². The van der Waals surface area contributed by atoms with Crippen LogP contribution in [0, 0.1) is 5.92 Å². The maximum atomic E-state index is 12.4. The number of hydrogen-bond donors (Lipinski definition) is 1. The average molecular weight is 344 g/mol. The summed E-state index contributed by atoms with van der Waals surface area (Å²) in [5.41, 5.74) is 1.90. The van der Waals surface area contributed by atoms with Crippen LogP contribution in [0.3, 0.4) is 0 Å². The van der Waals surface area contributed by atoms with E-state index in [1.165, 1.54) is 6.33 Å². The molecule has 1 amide bonds. The van der Waals surface area contributed by atoms with E-state index in [4.69, 9.17) is 16.3 Å². The first-order chi connectivity index (χ1) is 11.7. The van der Waals surface area contributed by atoms with E-state index in [1.807, 2.05) is 24.3 Å². The molecule has 1 aliphatic carbocycles. The van der Waals surface area contributed by atoms with Crippen molar-refractivity contribution in [2.45, 2.75) is 38.2 Å². The zero-order chi connectivity index (χ0) is 16.5. The van der Waals surface area contributed by atoms with Crippen LogP contribution in [0.4, 0.5) is 5.82 Å². The molecule has 1 unspecified atom stereocenters. The van der Waals surface area contributed by atoms with E-state index in [-0.39, 0.29) is 17.9 Å². The van der Waals surface area contributed by atoms with Gasteiger partial charge in [-0.1, -0.05) is 36.6 Å². The molecule has 0 spiro atoms. The monoisotopic (exact) mass is 343 g/mol. The topological polar surface area (TPSA) is 64.1 Å². The summed E-state index contributed by atoms with van der Waals surface area (Å²) in [5, 5.41) is 3.67. The van der Waals surface area contributed by atoms with Crippen molar-refractivity contribution in [2.75, 3.05) is 5.32 Å². The van der Waals surface area contributed by atoms with E-state index in [1.54, 1.807) is 0 Å². The second-order valence-corrected chi connectivity index (χ2v) is 6.78. The molecule has 2 heterocycles. The van der Waals surface area contributed by atoms with Gasteiger partial charge in [-0.2, -0.15) is 0 Å². The summed E-state index contributed by atoms with van der Waals surface area (Å²) in [6, 6.07) is 7.58. The molecular weight excluding hydrogens is 326 g/mol. The molecule has 0 saturated heterocycles. The third-order valence-electron chi connectivity index (χ3n) is 4.76. The Balaban J connectivity index is 1.53. The van der Waals surface area contributed by atoms with Crippen molar-refractivity contribution in [3.05, 3.63) is 46.7 Å². The van der Waals surface area contributed by atoms with Gasteiger partial charge in [0.25, 0.3) is 0 Å². The number of hydrogen-bond acceptors (Lipinski definition) is 4. The number of benzene rings is 1. The fourth-order valence-corrected chi connectivity index (χ4v) is 3.55. The van der Waals surface area contributed by atoms with E-state index in [0.717, 1.165) is 36.8 Å². The molecule has 2 aliphatic rings. The van der Waals surface area contributed by atoms with Gasteiger partial charge >= 0.3 is 0 Å². The normalized spacial score (nSPS) is 19.8. The minimum atomic E-state index is -0.129. The van der Waals surface area contributed by atoms with Crippen molar-refractivity contribution in [1.29, 1.82) is 0 Å². The Morgan fingerprint density at radius 1 is 1.17 bits per heavy atom. The SMILES string of the molecule is O=C(Nc1ncnc2c1CC(c1ccc(Cl)cc1)O2)C1CCCC1. The maximum absolute atomic E-state index is 12.4. The van der Waals surface area contributed by atoms with Crippen LogP contribution in [0.25, 0.3) is 0 Å². The number of carbonyl (C=O) groups is 1. The molecule has 1 aromatic carbocycles. The van der Waals surface area contributed by atoms with Crippen LogP contribution in [-0.2, 0) is 11.2 Å². The number of nitrogens with zero attached hydrogens (tertiary/aromatic N) is 2. The number of halogens is 1. The predicted molar refractivity (Wildman–Crippen MR) is 91.1 cm³/mol. The van der Waals surface area contributed by atoms with Crippen LogP contribution in [-0.4, -0.2) is 15.9 Å². The number of fused-ring (bicyclic) bond motifs is 1. The van der Waals surface area contributed by atoms with Gasteiger partial charge in [-0.05, 0) is 30.5 Å². The fourth-order valence-electron chi connectivity index (χ4n) is 3.42. The highest BCUT2D eigenvalue weighted by molar-refractivity contribution is 6.30. The number of nitrogens with one attached hydrogen (secondary N) is 1. The summed E-state index contributed by atoms with van der Waals surface area (Å²) >= 11 is 5.94. The van der Waals surface area contributed by atoms with Gasteiger partial charge in [0.15, 0.2) is 0 Å². The molecule has 124 valence electrons. The molecule has 1 N–H and O–H groups in total. The van der Waals surface area contributed by atoms with Crippen LogP contribution in [0.2, 0.25) is 5.02 Å². The summed E-state index contributed by atoms with van der Waals surface area (Å²) < 4.78 is 5.94. The molecule has 2 aromatic rings. The minimum absolute atomic E-state index is 0.0587. The molecule has 6 heteroatoms. The van der Waals surface area contributed by atoms with Crippen molar-refractivity contribution in [2.24, 2.45) is 5.92 Å². The number of amides is 1. The van der Waals surface area contributed by atoms with E-state index >= 15 is 0 Å². The number of ether oxygens (including phenoxy) is 1. The van der Waals surface area contributed by atoms with Gasteiger partial charge in [-0.25, -0.2) is 9.97 Å². The van der Waals surface area contributed by atoms with E-state index < -0.39 is 0 Å². The fraction of sp³-hybridized carbons (Fsp3) is 0.389. The molecular formula is C18H18ClN3O2.